The van der Waals surface area contributed by atoms with Crippen LogP contribution in [0.2, 0.25) is 0 Å². The summed E-state index contributed by atoms with van der Waals surface area (Å²) in [7, 11) is 0. The van der Waals surface area contributed by atoms with Crippen LogP contribution in [0.25, 0.3) is 22.6 Å². The van der Waals surface area contributed by atoms with Gasteiger partial charge in [-0.1, -0.05) is 30.3 Å². The van der Waals surface area contributed by atoms with Crippen LogP contribution >= 0.6 is 0 Å². The minimum Gasteiger partial charge on any atom is -0.332 e. The molecule has 0 aliphatic carbocycles. The fraction of sp³-hybridized carbons (Fsp3) is 0.0667. The van der Waals surface area contributed by atoms with Gasteiger partial charge in [-0.05, 0) is 5.56 Å². The van der Waals surface area contributed by atoms with Crippen molar-refractivity contribution in [3.63, 3.8) is 0 Å². The second-order valence-corrected chi connectivity index (χ2v) is 5.13. The Morgan fingerprint density at radius 3 is 2.70 bits per heavy atom. The van der Waals surface area contributed by atoms with Crippen LogP contribution in [-0.2, 0) is 6.54 Å². The third-order valence-corrected chi connectivity index (χ3v) is 3.48. The Hall–Kier alpha value is -3.42. The molecule has 0 unspecified atom stereocenters. The molecule has 0 aliphatic heterocycles. The molecule has 0 saturated heterocycles. The molecule has 0 fully saturated rings. The molecule has 0 radical (unpaired) electrons. The van der Waals surface area contributed by atoms with Crippen LogP contribution in [0.3, 0.4) is 0 Å². The number of H-pyrrole nitrogens is 3. The quantitative estimate of drug-likeness (QED) is 0.521. The lowest BCUT2D eigenvalue weighted by atomic mass is 10.2. The van der Waals surface area contributed by atoms with E-state index in [4.69, 9.17) is 0 Å². The lowest BCUT2D eigenvalue weighted by Gasteiger charge is -2.00. The molecule has 0 saturated carbocycles. The smallest absolute Gasteiger partial charge is 0.327 e. The van der Waals surface area contributed by atoms with Crippen molar-refractivity contribution in [1.82, 2.24) is 29.7 Å². The molecule has 0 aliphatic rings. The maximum atomic E-state index is 11.7. The van der Waals surface area contributed by atoms with E-state index in [-0.39, 0.29) is 11.2 Å². The lowest BCUT2D eigenvalue weighted by molar-refractivity contribution is 0.687. The zero-order valence-electron chi connectivity index (χ0n) is 11.9. The van der Waals surface area contributed by atoms with Crippen molar-refractivity contribution in [2.75, 3.05) is 0 Å². The van der Waals surface area contributed by atoms with Crippen molar-refractivity contribution in [2.45, 2.75) is 6.54 Å². The molecule has 114 valence electrons. The molecular formula is C15H12N6O2. The van der Waals surface area contributed by atoms with E-state index in [1.807, 2.05) is 36.5 Å². The molecule has 0 bridgehead atoms. The van der Waals surface area contributed by atoms with Crippen LogP contribution in [0, 0.1) is 0 Å². The Kier molecular flexibility index (Phi) is 2.94. The summed E-state index contributed by atoms with van der Waals surface area (Å²) in [5, 5.41) is 4.30. The maximum absolute atomic E-state index is 11.7. The maximum Gasteiger partial charge on any atom is 0.327 e. The van der Waals surface area contributed by atoms with Crippen LogP contribution in [-0.4, -0.2) is 29.7 Å². The van der Waals surface area contributed by atoms with Gasteiger partial charge in [0.25, 0.3) is 5.56 Å². The number of imidazole rings is 1. The first-order valence-electron chi connectivity index (χ1n) is 6.98. The molecule has 23 heavy (non-hydrogen) atoms. The normalized spacial score (nSPS) is 11.1. The van der Waals surface area contributed by atoms with Crippen molar-refractivity contribution in [3.8, 4) is 11.4 Å². The summed E-state index contributed by atoms with van der Waals surface area (Å²) < 4.78 is 1.78. The Morgan fingerprint density at radius 1 is 1.04 bits per heavy atom. The van der Waals surface area contributed by atoms with Crippen molar-refractivity contribution in [3.05, 3.63) is 69.1 Å². The Morgan fingerprint density at radius 2 is 1.87 bits per heavy atom. The first kappa shape index (κ1) is 13.3. The summed E-state index contributed by atoms with van der Waals surface area (Å²) in [6.45, 7) is 0.637. The average molecular weight is 308 g/mol. The van der Waals surface area contributed by atoms with Gasteiger partial charge in [0.2, 0.25) is 0 Å². The molecule has 8 heteroatoms. The van der Waals surface area contributed by atoms with Crippen LogP contribution in [0.15, 0.2) is 52.3 Å². The summed E-state index contributed by atoms with van der Waals surface area (Å²) >= 11 is 0. The number of aromatic nitrogens is 6. The number of nitrogens with zero attached hydrogens (tertiary/aromatic N) is 3. The minimum absolute atomic E-state index is 0.226. The molecular weight excluding hydrogens is 296 g/mol. The van der Waals surface area contributed by atoms with E-state index in [1.54, 1.807) is 10.9 Å². The van der Waals surface area contributed by atoms with E-state index in [1.165, 1.54) is 0 Å². The summed E-state index contributed by atoms with van der Waals surface area (Å²) in [6.07, 6.45) is 3.49. The number of hydrogen-bond acceptors (Lipinski definition) is 4. The van der Waals surface area contributed by atoms with E-state index >= 15 is 0 Å². The molecule has 0 spiro atoms. The van der Waals surface area contributed by atoms with Crippen LogP contribution in [0.5, 0.6) is 0 Å². The van der Waals surface area contributed by atoms with E-state index in [0.29, 0.717) is 12.4 Å². The molecule has 0 atom stereocenters. The molecule has 3 heterocycles. The second-order valence-electron chi connectivity index (χ2n) is 5.13. The Labute approximate surface area is 128 Å². The second kappa shape index (κ2) is 5.09. The largest absolute Gasteiger partial charge is 0.332 e. The van der Waals surface area contributed by atoms with Gasteiger partial charge in [0.1, 0.15) is 11.3 Å². The van der Waals surface area contributed by atoms with Gasteiger partial charge in [-0.3, -0.25) is 19.4 Å². The van der Waals surface area contributed by atoms with E-state index in [0.717, 1.165) is 11.1 Å². The van der Waals surface area contributed by atoms with Crippen molar-refractivity contribution < 1.29 is 0 Å². The fourth-order valence-electron chi connectivity index (χ4n) is 2.41. The molecule has 1 aromatic carbocycles. The highest BCUT2D eigenvalue weighted by molar-refractivity contribution is 5.74. The third kappa shape index (κ3) is 2.46. The van der Waals surface area contributed by atoms with Crippen LogP contribution in [0.4, 0.5) is 0 Å². The predicted molar refractivity (Wildman–Crippen MR) is 84.1 cm³/mol. The first-order chi connectivity index (χ1) is 11.2. The summed E-state index contributed by atoms with van der Waals surface area (Å²) in [6, 6.07) is 9.95. The summed E-state index contributed by atoms with van der Waals surface area (Å²) in [5.74, 6) is 0.478. The summed E-state index contributed by atoms with van der Waals surface area (Å²) in [4.78, 5) is 34.8. The monoisotopic (exact) mass is 308 g/mol. The summed E-state index contributed by atoms with van der Waals surface area (Å²) in [5.41, 5.74) is 1.24. The SMILES string of the molecule is O=c1[nH]c(=O)c2[nH]c(-c3cnn(Cc4ccccc4)c3)nc2[nH]1. The van der Waals surface area contributed by atoms with E-state index in [2.05, 4.69) is 25.0 Å². The lowest BCUT2D eigenvalue weighted by Crippen LogP contribution is -2.21. The van der Waals surface area contributed by atoms with Gasteiger partial charge >= 0.3 is 5.69 Å². The first-order valence-corrected chi connectivity index (χ1v) is 6.98. The number of benzene rings is 1. The van der Waals surface area contributed by atoms with Crippen molar-refractivity contribution in [2.24, 2.45) is 0 Å². The topological polar surface area (TPSA) is 112 Å². The van der Waals surface area contributed by atoms with Gasteiger partial charge < -0.3 is 4.98 Å². The minimum atomic E-state index is -0.583. The molecule has 4 rings (SSSR count). The van der Waals surface area contributed by atoms with Gasteiger partial charge in [-0.25, -0.2) is 9.78 Å². The number of aromatic amines is 3. The zero-order valence-corrected chi connectivity index (χ0v) is 11.9. The Bertz CT molecular complexity index is 1090. The fourth-order valence-corrected chi connectivity index (χ4v) is 2.41. The van der Waals surface area contributed by atoms with Crippen LogP contribution < -0.4 is 11.2 Å². The number of nitrogens with one attached hydrogen (secondary N) is 3. The van der Waals surface area contributed by atoms with Gasteiger partial charge in [0.15, 0.2) is 5.65 Å². The predicted octanol–water partition coefficient (Wildman–Crippen LogP) is 0.851. The van der Waals surface area contributed by atoms with Crippen molar-refractivity contribution >= 4 is 11.2 Å². The molecule has 8 nitrogen and oxygen atoms in total. The average Bonchev–Trinajstić information content (AvgIpc) is 3.15. The standard InChI is InChI=1S/C15H12N6O2/c22-14-11-13(19-15(23)20-14)18-12(17-11)10-6-16-21(8-10)7-9-4-2-1-3-5-9/h1-6,8H,7H2,(H3,17,18,19,20,22,23). The highest BCUT2D eigenvalue weighted by Gasteiger charge is 2.11. The molecule has 4 aromatic rings. The Balaban J connectivity index is 1.70. The van der Waals surface area contributed by atoms with Gasteiger partial charge in [-0.2, -0.15) is 5.10 Å². The molecule has 3 N–H and O–H groups in total. The number of rotatable bonds is 3. The van der Waals surface area contributed by atoms with Gasteiger partial charge in [0, 0.05) is 6.20 Å². The molecule has 0 amide bonds. The van der Waals surface area contributed by atoms with Crippen LogP contribution in [0.1, 0.15) is 5.56 Å². The molecule has 3 aromatic heterocycles. The zero-order chi connectivity index (χ0) is 15.8. The van der Waals surface area contributed by atoms with Gasteiger partial charge in [0.05, 0.1) is 18.3 Å². The van der Waals surface area contributed by atoms with E-state index < -0.39 is 11.2 Å². The third-order valence-electron chi connectivity index (χ3n) is 3.48. The highest BCUT2D eigenvalue weighted by Crippen LogP contribution is 2.16. The van der Waals surface area contributed by atoms with Crippen molar-refractivity contribution in [1.29, 1.82) is 0 Å². The van der Waals surface area contributed by atoms with E-state index in [9.17, 15) is 9.59 Å². The highest BCUT2D eigenvalue weighted by atomic mass is 16.2. The van der Waals surface area contributed by atoms with Gasteiger partial charge in [-0.15, -0.1) is 0 Å². The number of hydrogen-bond donors (Lipinski definition) is 3. The number of fused-ring (bicyclic) bond motifs is 1.